The number of ether oxygens (including phenoxy) is 2. The SMILES string of the molecule is CCOC(=O)C(Cc1ccc(F)c(C(O[SiH](C)C)C(C)(C)C)c1)OC(C)C. The molecule has 27 heavy (non-hydrogen) atoms. The number of carbonyl (C=O) groups is 1. The third kappa shape index (κ3) is 7.72. The lowest BCUT2D eigenvalue weighted by Crippen LogP contribution is -2.31. The summed E-state index contributed by atoms with van der Waals surface area (Å²) in [5, 5.41) is 0. The van der Waals surface area contributed by atoms with E-state index in [2.05, 4.69) is 13.1 Å². The highest BCUT2D eigenvalue weighted by Gasteiger charge is 2.31. The molecule has 4 nitrogen and oxygen atoms in total. The zero-order valence-electron chi connectivity index (χ0n) is 18.0. The first-order valence-corrected chi connectivity index (χ1v) is 12.5. The highest BCUT2D eigenvalue weighted by Crippen LogP contribution is 2.38. The highest BCUT2D eigenvalue weighted by molar-refractivity contribution is 6.48. The van der Waals surface area contributed by atoms with Crippen molar-refractivity contribution in [2.45, 2.75) is 79.4 Å². The lowest BCUT2D eigenvalue weighted by atomic mass is 9.84. The van der Waals surface area contributed by atoms with E-state index < -0.39 is 21.1 Å². The Labute approximate surface area is 165 Å². The van der Waals surface area contributed by atoms with Crippen LogP contribution in [0.3, 0.4) is 0 Å². The van der Waals surface area contributed by atoms with Crippen molar-refractivity contribution in [3.63, 3.8) is 0 Å². The van der Waals surface area contributed by atoms with Crippen molar-refractivity contribution < 1.29 is 23.1 Å². The molecule has 1 aromatic carbocycles. The Morgan fingerprint density at radius 2 is 1.85 bits per heavy atom. The van der Waals surface area contributed by atoms with Crippen molar-refractivity contribution in [3.8, 4) is 0 Å². The third-order valence-electron chi connectivity index (χ3n) is 3.94. The molecule has 0 amide bonds. The summed E-state index contributed by atoms with van der Waals surface area (Å²) in [5.41, 5.74) is 1.12. The first kappa shape index (κ1) is 23.8. The van der Waals surface area contributed by atoms with Gasteiger partial charge in [-0.25, -0.2) is 9.18 Å². The first-order valence-electron chi connectivity index (χ1n) is 9.71. The van der Waals surface area contributed by atoms with Crippen LogP contribution < -0.4 is 0 Å². The molecule has 2 atom stereocenters. The molecule has 0 N–H and O–H groups in total. The van der Waals surface area contributed by atoms with Crippen LogP contribution in [0.2, 0.25) is 13.1 Å². The van der Waals surface area contributed by atoms with E-state index in [1.54, 1.807) is 19.1 Å². The number of rotatable bonds is 9. The standard InChI is InChI=1S/C21H35FO4Si/c1-9-24-20(23)18(25-14(2)3)13-15-10-11-17(22)16(12-15)19(21(4,5)6)26-27(7)8/h10-12,14,18-19,27H,9,13H2,1-8H3. The van der Waals surface area contributed by atoms with E-state index >= 15 is 0 Å². The second-order valence-corrected chi connectivity index (χ2v) is 10.8. The maximum Gasteiger partial charge on any atom is 0.335 e. The van der Waals surface area contributed by atoms with Crippen LogP contribution in [0, 0.1) is 11.2 Å². The van der Waals surface area contributed by atoms with E-state index in [0.29, 0.717) is 18.6 Å². The van der Waals surface area contributed by atoms with Crippen molar-refractivity contribution in [2.24, 2.45) is 5.41 Å². The second-order valence-electron chi connectivity index (χ2n) is 8.42. The number of hydrogen-bond acceptors (Lipinski definition) is 4. The molecule has 0 aliphatic heterocycles. The number of benzene rings is 1. The van der Waals surface area contributed by atoms with Gasteiger partial charge < -0.3 is 13.9 Å². The van der Waals surface area contributed by atoms with Crippen molar-refractivity contribution >= 4 is 15.0 Å². The summed E-state index contributed by atoms with van der Waals surface area (Å²) in [6.07, 6.45) is -0.829. The minimum absolute atomic E-state index is 0.114. The molecule has 154 valence electrons. The van der Waals surface area contributed by atoms with Crippen molar-refractivity contribution in [2.75, 3.05) is 6.61 Å². The number of halogens is 1. The van der Waals surface area contributed by atoms with Gasteiger partial charge in [-0.3, -0.25) is 0 Å². The maximum atomic E-state index is 14.6. The molecule has 6 heteroatoms. The fraction of sp³-hybridized carbons (Fsp3) is 0.667. The second kappa shape index (κ2) is 10.3. The molecule has 0 radical (unpaired) electrons. The Kier molecular flexibility index (Phi) is 9.11. The third-order valence-corrected chi connectivity index (χ3v) is 4.76. The van der Waals surface area contributed by atoms with Crippen LogP contribution in [0.15, 0.2) is 18.2 Å². The van der Waals surface area contributed by atoms with Crippen LogP contribution in [0.5, 0.6) is 0 Å². The molecule has 0 saturated heterocycles. The van der Waals surface area contributed by atoms with Crippen LogP contribution in [0.4, 0.5) is 4.39 Å². The maximum absolute atomic E-state index is 14.6. The molecular weight excluding hydrogens is 363 g/mol. The normalized spacial score (nSPS) is 14.5. The minimum Gasteiger partial charge on any atom is -0.464 e. The van der Waals surface area contributed by atoms with Gasteiger partial charge in [0, 0.05) is 12.0 Å². The van der Waals surface area contributed by atoms with Gasteiger partial charge in [0.15, 0.2) is 15.1 Å². The van der Waals surface area contributed by atoms with Gasteiger partial charge >= 0.3 is 5.97 Å². The molecule has 0 aliphatic rings. The Balaban J connectivity index is 3.19. The largest absolute Gasteiger partial charge is 0.464 e. The van der Waals surface area contributed by atoms with Gasteiger partial charge in [0.25, 0.3) is 0 Å². The van der Waals surface area contributed by atoms with Crippen LogP contribution in [0.1, 0.15) is 58.8 Å². The molecule has 2 unspecified atom stereocenters. The van der Waals surface area contributed by atoms with Crippen LogP contribution in [0.25, 0.3) is 0 Å². The van der Waals surface area contributed by atoms with E-state index in [4.69, 9.17) is 13.9 Å². The Morgan fingerprint density at radius 1 is 1.22 bits per heavy atom. The molecule has 0 spiro atoms. The molecular formula is C21H35FO4Si. The molecule has 0 saturated carbocycles. The summed E-state index contributed by atoms with van der Waals surface area (Å²) in [7, 11) is -1.37. The summed E-state index contributed by atoms with van der Waals surface area (Å²) in [6.45, 7) is 16.1. The zero-order valence-corrected chi connectivity index (χ0v) is 19.1. The van der Waals surface area contributed by atoms with Crippen LogP contribution in [-0.2, 0) is 25.1 Å². The zero-order chi connectivity index (χ0) is 20.8. The van der Waals surface area contributed by atoms with Gasteiger partial charge in [-0.15, -0.1) is 0 Å². The van der Waals surface area contributed by atoms with E-state index in [9.17, 15) is 9.18 Å². The monoisotopic (exact) mass is 398 g/mol. The summed E-state index contributed by atoms with van der Waals surface area (Å²) >= 11 is 0. The Morgan fingerprint density at radius 3 is 2.33 bits per heavy atom. The van der Waals surface area contributed by atoms with Gasteiger partial charge in [-0.2, -0.15) is 0 Å². The average Bonchev–Trinajstić information content (AvgIpc) is 2.52. The highest BCUT2D eigenvalue weighted by atomic mass is 28.3. The summed E-state index contributed by atoms with van der Waals surface area (Å²) < 4.78 is 31.7. The van der Waals surface area contributed by atoms with E-state index in [1.165, 1.54) is 6.07 Å². The smallest absolute Gasteiger partial charge is 0.335 e. The van der Waals surface area contributed by atoms with Gasteiger partial charge in [-0.05, 0) is 50.9 Å². The van der Waals surface area contributed by atoms with E-state index in [1.807, 2.05) is 34.6 Å². The van der Waals surface area contributed by atoms with E-state index in [-0.39, 0.29) is 23.4 Å². The summed E-state index contributed by atoms with van der Waals surface area (Å²) in [5.74, 6) is -0.680. The first-order chi connectivity index (χ1) is 12.5. The predicted octanol–water partition coefficient (Wildman–Crippen LogP) is 4.81. The molecule has 0 bridgehead atoms. The molecule has 1 aromatic rings. The van der Waals surface area contributed by atoms with Crippen LogP contribution in [-0.4, -0.2) is 33.8 Å². The fourth-order valence-corrected chi connectivity index (χ4v) is 4.00. The molecule has 1 rings (SSSR count). The quantitative estimate of drug-likeness (QED) is 0.442. The molecule has 0 heterocycles. The summed E-state index contributed by atoms with van der Waals surface area (Å²) in [6, 6.07) is 4.95. The van der Waals surface area contributed by atoms with Crippen LogP contribution >= 0.6 is 0 Å². The minimum atomic E-state index is -1.37. The fourth-order valence-electron chi connectivity index (χ4n) is 2.90. The van der Waals surface area contributed by atoms with Gasteiger partial charge in [0.1, 0.15) is 5.82 Å². The lowest BCUT2D eigenvalue weighted by molar-refractivity contribution is -0.159. The van der Waals surface area contributed by atoms with Gasteiger partial charge in [-0.1, -0.05) is 32.9 Å². The molecule has 0 fully saturated rings. The average molecular weight is 399 g/mol. The number of hydrogen-bond donors (Lipinski definition) is 0. The number of carbonyl (C=O) groups excluding carboxylic acids is 1. The van der Waals surface area contributed by atoms with E-state index in [0.717, 1.165) is 5.56 Å². The van der Waals surface area contributed by atoms with Gasteiger partial charge in [0.05, 0.1) is 18.8 Å². The number of esters is 1. The van der Waals surface area contributed by atoms with Crippen molar-refractivity contribution in [1.82, 2.24) is 0 Å². The molecule has 0 aromatic heterocycles. The Bertz CT molecular complexity index is 611. The predicted molar refractivity (Wildman–Crippen MR) is 109 cm³/mol. The van der Waals surface area contributed by atoms with Crippen molar-refractivity contribution in [1.29, 1.82) is 0 Å². The van der Waals surface area contributed by atoms with Crippen molar-refractivity contribution in [3.05, 3.63) is 35.1 Å². The lowest BCUT2D eigenvalue weighted by Gasteiger charge is -2.33. The molecule has 0 aliphatic carbocycles. The van der Waals surface area contributed by atoms with Gasteiger partial charge in [0.2, 0.25) is 0 Å². The topological polar surface area (TPSA) is 44.8 Å². The summed E-state index contributed by atoms with van der Waals surface area (Å²) in [4.78, 5) is 12.2. The Hall–Kier alpha value is -1.24.